The highest BCUT2D eigenvalue weighted by Crippen LogP contribution is 2.06. The second-order valence-corrected chi connectivity index (χ2v) is 5.68. The van der Waals surface area contributed by atoms with E-state index in [9.17, 15) is 0 Å². The van der Waals surface area contributed by atoms with Crippen LogP contribution in [0.3, 0.4) is 0 Å². The molecule has 0 aliphatic carbocycles. The van der Waals surface area contributed by atoms with Gasteiger partial charge in [-0.15, -0.1) is 0 Å². The van der Waals surface area contributed by atoms with Crippen molar-refractivity contribution in [3.05, 3.63) is 0 Å². The van der Waals surface area contributed by atoms with Crippen LogP contribution in [0.2, 0.25) is 0 Å². The lowest BCUT2D eigenvalue weighted by molar-refractivity contribution is -0.0186. The quantitative estimate of drug-likeness (QED) is 0.600. The normalized spacial score (nSPS) is 13.9. The van der Waals surface area contributed by atoms with Crippen LogP contribution in [0.15, 0.2) is 0 Å². The Morgan fingerprint density at radius 3 is 2.06 bits per heavy atom. The summed E-state index contributed by atoms with van der Waals surface area (Å²) in [7, 11) is 0. The highest BCUT2D eigenvalue weighted by molar-refractivity contribution is 4.67. The molecule has 0 amide bonds. The van der Waals surface area contributed by atoms with Crippen molar-refractivity contribution in [1.82, 2.24) is 5.32 Å². The minimum absolute atomic E-state index is 0.278. The summed E-state index contributed by atoms with van der Waals surface area (Å²) < 4.78 is 11.4. The molecule has 0 aliphatic rings. The van der Waals surface area contributed by atoms with Crippen LogP contribution >= 0.6 is 0 Å². The van der Waals surface area contributed by atoms with Gasteiger partial charge in [-0.05, 0) is 11.8 Å². The van der Waals surface area contributed by atoms with Gasteiger partial charge in [0.2, 0.25) is 0 Å². The largest absolute Gasteiger partial charge is 0.379 e. The lowest BCUT2D eigenvalue weighted by Gasteiger charge is -2.23. The van der Waals surface area contributed by atoms with Crippen LogP contribution in [0, 0.1) is 11.8 Å². The fourth-order valence-electron chi connectivity index (χ4n) is 1.42. The van der Waals surface area contributed by atoms with Crippen molar-refractivity contribution in [2.45, 2.75) is 53.7 Å². The first-order valence-electron chi connectivity index (χ1n) is 6.86. The predicted molar refractivity (Wildman–Crippen MR) is 73.4 cm³/mol. The van der Waals surface area contributed by atoms with Crippen molar-refractivity contribution in [1.29, 1.82) is 0 Å². The molecule has 0 aromatic rings. The molecule has 0 aromatic carbocycles. The van der Waals surface area contributed by atoms with Gasteiger partial charge in [-0.2, -0.15) is 0 Å². The number of ether oxygens (including phenoxy) is 2. The molecular formula is C14H31NO2. The van der Waals surface area contributed by atoms with Crippen LogP contribution < -0.4 is 5.32 Å². The van der Waals surface area contributed by atoms with Gasteiger partial charge in [-0.25, -0.2) is 0 Å². The van der Waals surface area contributed by atoms with Crippen LogP contribution in [0.1, 0.15) is 41.5 Å². The third-order valence-electron chi connectivity index (χ3n) is 2.48. The van der Waals surface area contributed by atoms with Crippen molar-refractivity contribution in [2.75, 3.05) is 26.4 Å². The lowest BCUT2D eigenvalue weighted by Crippen LogP contribution is -2.37. The maximum absolute atomic E-state index is 5.85. The van der Waals surface area contributed by atoms with Gasteiger partial charge >= 0.3 is 0 Å². The maximum Gasteiger partial charge on any atom is 0.0723 e. The summed E-state index contributed by atoms with van der Waals surface area (Å²) in [5.74, 6) is 1.13. The molecule has 104 valence electrons. The SMILES string of the molecule is CC(C)COCCOC(CNC(C)C)C(C)C. The topological polar surface area (TPSA) is 30.5 Å². The van der Waals surface area contributed by atoms with E-state index in [1.165, 1.54) is 0 Å². The van der Waals surface area contributed by atoms with Crippen molar-refractivity contribution in [2.24, 2.45) is 11.8 Å². The van der Waals surface area contributed by atoms with Gasteiger partial charge in [0.05, 0.1) is 19.3 Å². The molecule has 0 aromatic heterocycles. The van der Waals surface area contributed by atoms with Gasteiger partial charge in [0.1, 0.15) is 0 Å². The molecule has 0 spiro atoms. The van der Waals surface area contributed by atoms with Gasteiger partial charge in [0.15, 0.2) is 0 Å². The second-order valence-electron chi connectivity index (χ2n) is 5.68. The molecule has 0 bridgehead atoms. The minimum atomic E-state index is 0.278. The molecule has 17 heavy (non-hydrogen) atoms. The molecule has 0 fully saturated rings. The van der Waals surface area contributed by atoms with E-state index < -0.39 is 0 Å². The molecule has 0 rings (SSSR count). The highest BCUT2D eigenvalue weighted by Gasteiger charge is 2.13. The number of nitrogens with one attached hydrogen (secondary N) is 1. The van der Waals surface area contributed by atoms with Gasteiger partial charge in [0, 0.05) is 19.2 Å². The first kappa shape index (κ1) is 16.9. The summed E-state index contributed by atoms with van der Waals surface area (Å²) in [5, 5.41) is 3.42. The number of rotatable bonds is 10. The van der Waals surface area contributed by atoms with Crippen LogP contribution in [0.25, 0.3) is 0 Å². The number of hydrogen-bond donors (Lipinski definition) is 1. The third-order valence-corrected chi connectivity index (χ3v) is 2.48. The van der Waals surface area contributed by atoms with Gasteiger partial charge in [-0.3, -0.25) is 0 Å². The molecule has 0 aliphatic heterocycles. The molecule has 1 atom stereocenters. The molecule has 0 saturated carbocycles. The first-order chi connectivity index (χ1) is 7.93. The van der Waals surface area contributed by atoms with E-state index in [0.717, 1.165) is 13.2 Å². The van der Waals surface area contributed by atoms with Crippen LogP contribution in [0.5, 0.6) is 0 Å². The zero-order valence-electron chi connectivity index (χ0n) is 12.5. The van der Waals surface area contributed by atoms with Gasteiger partial charge in [-0.1, -0.05) is 41.5 Å². The van der Waals surface area contributed by atoms with Crippen molar-refractivity contribution in [3.63, 3.8) is 0 Å². The van der Waals surface area contributed by atoms with Crippen LogP contribution in [-0.2, 0) is 9.47 Å². The molecule has 3 heteroatoms. The fraction of sp³-hybridized carbons (Fsp3) is 1.00. The Kier molecular flexibility index (Phi) is 9.79. The van der Waals surface area contributed by atoms with Crippen LogP contribution in [-0.4, -0.2) is 38.5 Å². The van der Waals surface area contributed by atoms with E-state index in [1.807, 2.05) is 0 Å². The van der Waals surface area contributed by atoms with Gasteiger partial charge in [0.25, 0.3) is 0 Å². The first-order valence-corrected chi connectivity index (χ1v) is 6.86. The molecule has 0 saturated heterocycles. The fourth-order valence-corrected chi connectivity index (χ4v) is 1.42. The summed E-state index contributed by atoms with van der Waals surface area (Å²) in [6, 6.07) is 0.511. The van der Waals surface area contributed by atoms with E-state index in [-0.39, 0.29) is 6.10 Å². The molecule has 0 radical (unpaired) electrons. The lowest BCUT2D eigenvalue weighted by atomic mass is 10.1. The van der Waals surface area contributed by atoms with E-state index in [2.05, 4.69) is 46.9 Å². The molecule has 3 nitrogen and oxygen atoms in total. The summed E-state index contributed by atoms with van der Waals surface area (Å²) >= 11 is 0. The zero-order chi connectivity index (χ0) is 13.3. The summed E-state index contributed by atoms with van der Waals surface area (Å²) in [4.78, 5) is 0. The Bertz CT molecular complexity index is 170. The molecule has 1 unspecified atom stereocenters. The average Bonchev–Trinajstić information content (AvgIpc) is 2.20. The predicted octanol–water partition coefficient (Wildman–Crippen LogP) is 2.70. The van der Waals surface area contributed by atoms with E-state index in [4.69, 9.17) is 9.47 Å². The zero-order valence-corrected chi connectivity index (χ0v) is 12.5. The van der Waals surface area contributed by atoms with Crippen molar-refractivity contribution in [3.8, 4) is 0 Å². The average molecular weight is 245 g/mol. The Morgan fingerprint density at radius 2 is 1.59 bits per heavy atom. The summed E-state index contributed by atoms with van der Waals surface area (Å²) in [5.41, 5.74) is 0. The smallest absolute Gasteiger partial charge is 0.0723 e. The van der Waals surface area contributed by atoms with Crippen LogP contribution in [0.4, 0.5) is 0 Å². The Hall–Kier alpha value is -0.120. The second kappa shape index (κ2) is 9.86. The van der Waals surface area contributed by atoms with Gasteiger partial charge < -0.3 is 14.8 Å². The molecular weight excluding hydrogens is 214 g/mol. The number of hydrogen-bond acceptors (Lipinski definition) is 3. The Labute approximate surface area is 107 Å². The minimum Gasteiger partial charge on any atom is -0.379 e. The summed E-state index contributed by atoms with van der Waals surface area (Å²) in [6.45, 7) is 16.1. The van der Waals surface area contributed by atoms with Crippen molar-refractivity contribution >= 4 is 0 Å². The Morgan fingerprint density at radius 1 is 0.941 bits per heavy atom. The third kappa shape index (κ3) is 10.7. The van der Waals surface area contributed by atoms with Crippen molar-refractivity contribution < 1.29 is 9.47 Å². The molecule has 0 heterocycles. The molecule has 1 N–H and O–H groups in total. The maximum atomic E-state index is 5.85. The summed E-state index contributed by atoms with van der Waals surface area (Å²) in [6.07, 6.45) is 0.278. The van der Waals surface area contributed by atoms with E-state index >= 15 is 0 Å². The highest BCUT2D eigenvalue weighted by atomic mass is 16.5. The Balaban J connectivity index is 3.63. The van der Waals surface area contributed by atoms with E-state index in [1.54, 1.807) is 0 Å². The monoisotopic (exact) mass is 245 g/mol. The standard InChI is InChI=1S/C14H31NO2/c1-11(2)10-16-7-8-17-14(12(3)4)9-15-13(5)6/h11-15H,7-10H2,1-6H3. The van der Waals surface area contributed by atoms with E-state index in [0.29, 0.717) is 31.1 Å².